The molecule has 1 heterocycles. The number of piperazine rings is 1. The van der Waals surface area contributed by atoms with Crippen LogP contribution >= 0.6 is 0 Å². The van der Waals surface area contributed by atoms with E-state index in [-0.39, 0.29) is 23.9 Å². The molecule has 1 aliphatic rings. The van der Waals surface area contributed by atoms with E-state index in [2.05, 4.69) is 5.32 Å². The second kappa shape index (κ2) is 10.6. The molecule has 1 N–H and O–H groups in total. The first kappa shape index (κ1) is 24.4. The third kappa shape index (κ3) is 5.60. The quantitative estimate of drug-likeness (QED) is 0.665. The highest BCUT2D eigenvalue weighted by atomic mass is 32.2. The molecule has 1 atom stereocenters. The number of aryl methyl sites for hydroxylation is 1. The van der Waals surface area contributed by atoms with Gasteiger partial charge in [-0.15, -0.1) is 0 Å². The summed E-state index contributed by atoms with van der Waals surface area (Å²) in [7, 11) is -4.21. The molecule has 2 aromatic rings. The van der Waals surface area contributed by atoms with E-state index in [1.54, 1.807) is 54.3 Å². The lowest BCUT2D eigenvalue weighted by molar-refractivity contribution is -0.139. The molecule has 0 bridgehead atoms. The highest BCUT2D eigenvalue weighted by Gasteiger charge is 2.39. The molecule has 0 aromatic heterocycles. The van der Waals surface area contributed by atoms with Gasteiger partial charge in [-0.3, -0.25) is 14.4 Å². The van der Waals surface area contributed by atoms with Crippen molar-refractivity contribution < 1.29 is 22.8 Å². The molecular weight excluding hydrogens is 442 g/mol. The van der Waals surface area contributed by atoms with Gasteiger partial charge in [0, 0.05) is 38.2 Å². The number of hydrogen-bond acceptors (Lipinski definition) is 5. The fraction of sp³-hybridized carbons (Fsp3) is 0.375. The molecule has 176 valence electrons. The van der Waals surface area contributed by atoms with Crippen LogP contribution in [-0.4, -0.2) is 67.5 Å². The van der Waals surface area contributed by atoms with Crippen molar-refractivity contribution in [2.75, 3.05) is 26.2 Å². The lowest BCUT2D eigenvalue weighted by Crippen LogP contribution is -2.57. The maximum Gasteiger partial charge on any atom is 0.261 e. The van der Waals surface area contributed by atoms with Crippen LogP contribution in [0.5, 0.6) is 0 Å². The molecular formula is C24H29N3O5S. The number of amides is 3. The Morgan fingerprint density at radius 1 is 0.909 bits per heavy atom. The van der Waals surface area contributed by atoms with E-state index in [9.17, 15) is 22.8 Å². The summed E-state index contributed by atoms with van der Waals surface area (Å²) in [6.45, 7) is 4.73. The third-order valence-electron chi connectivity index (χ3n) is 5.67. The molecule has 0 unspecified atom stereocenters. The summed E-state index contributed by atoms with van der Waals surface area (Å²) in [5.41, 5.74) is 0.968. The summed E-state index contributed by atoms with van der Waals surface area (Å²) in [6, 6.07) is 14.4. The number of sulfone groups is 1. The van der Waals surface area contributed by atoms with Gasteiger partial charge in [-0.25, -0.2) is 8.42 Å². The Morgan fingerprint density at radius 3 is 2.09 bits per heavy atom. The first-order chi connectivity index (χ1) is 15.8. The first-order valence-corrected chi connectivity index (χ1v) is 12.5. The van der Waals surface area contributed by atoms with Crippen molar-refractivity contribution in [1.29, 1.82) is 0 Å². The minimum atomic E-state index is -4.21. The number of carbonyl (C=O) groups is 3. The van der Waals surface area contributed by atoms with Gasteiger partial charge in [0.2, 0.25) is 21.1 Å². The summed E-state index contributed by atoms with van der Waals surface area (Å²) < 4.78 is 26.8. The van der Waals surface area contributed by atoms with Crippen LogP contribution in [0.2, 0.25) is 0 Å². The van der Waals surface area contributed by atoms with Crippen molar-refractivity contribution in [1.82, 2.24) is 15.1 Å². The molecule has 0 spiro atoms. The molecule has 1 fully saturated rings. The SMILES string of the molecule is CCCC(=O)N1CCN(C(=O)[C@@H](NC(=O)c2ccccc2C)S(=O)(=O)c2ccccc2)CC1. The maximum absolute atomic E-state index is 13.4. The average Bonchev–Trinajstić information content (AvgIpc) is 2.83. The van der Waals surface area contributed by atoms with Gasteiger partial charge in [-0.1, -0.05) is 43.3 Å². The van der Waals surface area contributed by atoms with E-state index < -0.39 is 27.0 Å². The summed E-state index contributed by atoms with van der Waals surface area (Å²) in [5, 5.41) is 0.692. The Balaban J connectivity index is 1.86. The first-order valence-electron chi connectivity index (χ1n) is 11.0. The van der Waals surface area contributed by atoms with Crippen LogP contribution < -0.4 is 5.32 Å². The van der Waals surface area contributed by atoms with Crippen LogP contribution in [0.3, 0.4) is 0 Å². The van der Waals surface area contributed by atoms with Gasteiger partial charge in [-0.2, -0.15) is 0 Å². The lowest BCUT2D eigenvalue weighted by atomic mass is 10.1. The topological polar surface area (TPSA) is 104 Å². The van der Waals surface area contributed by atoms with Crippen LogP contribution in [0.4, 0.5) is 0 Å². The smallest absolute Gasteiger partial charge is 0.261 e. The fourth-order valence-corrected chi connectivity index (χ4v) is 5.24. The van der Waals surface area contributed by atoms with Crippen molar-refractivity contribution in [2.24, 2.45) is 0 Å². The molecule has 0 aliphatic carbocycles. The average molecular weight is 472 g/mol. The van der Waals surface area contributed by atoms with E-state index in [0.29, 0.717) is 30.6 Å². The molecule has 0 radical (unpaired) electrons. The summed E-state index contributed by atoms with van der Waals surface area (Å²) >= 11 is 0. The number of hydrogen-bond donors (Lipinski definition) is 1. The number of nitrogens with one attached hydrogen (secondary N) is 1. The molecule has 8 nitrogen and oxygen atoms in total. The summed E-state index contributed by atoms with van der Waals surface area (Å²) in [6.07, 6.45) is 1.17. The van der Waals surface area contributed by atoms with E-state index in [4.69, 9.17) is 0 Å². The highest BCUT2D eigenvalue weighted by Crippen LogP contribution is 2.19. The van der Waals surface area contributed by atoms with Gasteiger partial charge >= 0.3 is 0 Å². The number of carbonyl (C=O) groups excluding carboxylic acids is 3. The predicted octanol–water partition coefficient (Wildman–Crippen LogP) is 2.00. The van der Waals surface area contributed by atoms with Gasteiger partial charge < -0.3 is 15.1 Å². The zero-order valence-electron chi connectivity index (χ0n) is 18.9. The van der Waals surface area contributed by atoms with Gasteiger partial charge in [0.1, 0.15) is 0 Å². The molecule has 3 amide bonds. The van der Waals surface area contributed by atoms with Crippen molar-refractivity contribution in [3.8, 4) is 0 Å². The van der Waals surface area contributed by atoms with Crippen molar-refractivity contribution in [2.45, 2.75) is 37.0 Å². The van der Waals surface area contributed by atoms with Crippen molar-refractivity contribution in [3.05, 3.63) is 65.7 Å². The Morgan fingerprint density at radius 2 is 1.48 bits per heavy atom. The van der Waals surface area contributed by atoms with E-state index in [0.717, 1.165) is 6.42 Å². The Kier molecular flexibility index (Phi) is 7.86. The van der Waals surface area contributed by atoms with E-state index in [1.165, 1.54) is 17.0 Å². The second-order valence-electron chi connectivity index (χ2n) is 7.98. The standard InChI is InChI=1S/C24H29N3O5S/c1-3-9-21(28)26-14-16-27(17-15-26)24(30)23(33(31,32)19-11-5-4-6-12-19)25-22(29)20-13-8-7-10-18(20)2/h4-8,10-13,23H,3,9,14-17H2,1-2H3,(H,25,29)/t23-/m0/s1. The number of nitrogens with zero attached hydrogens (tertiary/aromatic N) is 2. The zero-order chi connectivity index (χ0) is 24.0. The Bertz CT molecular complexity index is 1110. The van der Waals surface area contributed by atoms with E-state index in [1.807, 2.05) is 6.92 Å². The minimum absolute atomic E-state index is 0.0194. The lowest BCUT2D eigenvalue weighted by Gasteiger charge is -2.36. The fourth-order valence-electron chi connectivity index (χ4n) is 3.76. The highest BCUT2D eigenvalue weighted by molar-refractivity contribution is 7.92. The van der Waals surface area contributed by atoms with Crippen LogP contribution in [0.1, 0.15) is 35.7 Å². The second-order valence-corrected chi connectivity index (χ2v) is 10.0. The Labute approximate surface area is 194 Å². The maximum atomic E-state index is 13.4. The molecule has 2 aromatic carbocycles. The normalized spacial score (nSPS) is 15.1. The molecule has 1 aliphatic heterocycles. The molecule has 0 saturated carbocycles. The van der Waals surface area contributed by atoms with Crippen LogP contribution in [-0.2, 0) is 19.4 Å². The number of rotatable bonds is 7. The summed E-state index contributed by atoms with van der Waals surface area (Å²) in [4.78, 5) is 41.5. The largest absolute Gasteiger partial charge is 0.339 e. The molecule has 3 rings (SSSR count). The zero-order valence-corrected chi connectivity index (χ0v) is 19.7. The van der Waals surface area contributed by atoms with Crippen molar-refractivity contribution >= 4 is 27.6 Å². The molecule has 33 heavy (non-hydrogen) atoms. The van der Waals surface area contributed by atoms with E-state index >= 15 is 0 Å². The van der Waals surface area contributed by atoms with Crippen molar-refractivity contribution in [3.63, 3.8) is 0 Å². The number of benzene rings is 2. The van der Waals surface area contributed by atoms with Crippen LogP contribution in [0.25, 0.3) is 0 Å². The third-order valence-corrected chi connectivity index (χ3v) is 7.54. The Hall–Kier alpha value is -3.20. The monoisotopic (exact) mass is 471 g/mol. The minimum Gasteiger partial charge on any atom is -0.339 e. The van der Waals surface area contributed by atoms with Gasteiger partial charge in [0.15, 0.2) is 0 Å². The van der Waals surface area contributed by atoms with Crippen LogP contribution in [0.15, 0.2) is 59.5 Å². The van der Waals surface area contributed by atoms with Crippen LogP contribution in [0, 0.1) is 6.92 Å². The molecule has 9 heteroatoms. The molecule has 1 saturated heterocycles. The van der Waals surface area contributed by atoms with Gasteiger partial charge in [0.25, 0.3) is 11.8 Å². The summed E-state index contributed by atoms with van der Waals surface area (Å²) in [5.74, 6) is -1.32. The predicted molar refractivity (Wildman–Crippen MR) is 124 cm³/mol. The van der Waals surface area contributed by atoms with Gasteiger partial charge in [-0.05, 0) is 37.1 Å². The van der Waals surface area contributed by atoms with Gasteiger partial charge in [0.05, 0.1) is 4.90 Å².